The van der Waals surface area contributed by atoms with Crippen LogP contribution >= 0.6 is 27.3 Å². The third kappa shape index (κ3) is 6.31. The Morgan fingerprint density at radius 1 is 1.30 bits per heavy atom. The van der Waals surface area contributed by atoms with E-state index in [9.17, 15) is 0 Å². The molecule has 0 saturated carbocycles. The molecule has 23 heavy (non-hydrogen) atoms. The van der Waals surface area contributed by atoms with Crippen LogP contribution in [0.25, 0.3) is 0 Å². The Labute approximate surface area is 150 Å². The van der Waals surface area contributed by atoms with E-state index in [-0.39, 0.29) is 0 Å². The zero-order chi connectivity index (χ0) is 16.5. The van der Waals surface area contributed by atoms with Crippen LogP contribution in [-0.2, 0) is 19.4 Å². The summed E-state index contributed by atoms with van der Waals surface area (Å²) in [7, 11) is 0. The van der Waals surface area contributed by atoms with Crippen molar-refractivity contribution in [2.45, 2.75) is 33.2 Å². The second-order valence-electron chi connectivity index (χ2n) is 5.08. The fourth-order valence-electron chi connectivity index (χ4n) is 2.06. The minimum absolute atomic E-state index is 0.659. The predicted molar refractivity (Wildman–Crippen MR) is 102 cm³/mol. The number of benzene rings is 1. The standard InChI is InChI=1S/C17H23BrN4S/c1-3-15-12-21-16(23-15)8-9-20-17(19-4-2)22-11-13-6-5-7-14(18)10-13/h5-7,10,12H,3-4,8-9,11H2,1-2H3,(H2,19,20,22). The molecule has 2 aromatic rings. The maximum atomic E-state index is 4.63. The van der Waals surface area contributed by atoms with Crippen molar-refractivity contribution in [3.63, 3.8) is 0 Å². The van der Waals surface area contributed by atoms with Gasteiger partial charge in [-0.15, -0.1) is 11.3 Å². The first-order valence-corrected chi connectivity index (χ1v) is 9.52. The van der Waals surface area contributed by atoms with Crippen molar-refractivity contribution in [2.75, 3.05) is 13.1 Å². The lowest BCUT2D eigenvalue weighted by atomic mass is 10.2. The van der Waals surface area contributed by atoms with E-state index >= 15 is 0 Å². The van der Waals surface area contributed by atoms with Gasteiger partial charge in [0, 0.05) is 35.1 Å². The summed E-state index contributed by atoms with van der Waals surface area (Å²) >= 11 is 5.28. The van der Waals surface area contributed by atoms with Gasteiger partial charge < -0.3 is 10.6 Å². The summed E-state index contributed by atoms with van der Waals surface area (Å²) in [6.45, 7) is 6.58. The molecule has 6 heteroatoms. The summed E-state index contributed by atoms with van der Waals surface area (Å²) in [5, 5.41) is 7.83. The van der Waals surface area contributed by atoms with E-state index in [1.807, 2.05) is 18.3 Å². The van der Waals surface area contributed by atoms with Crippen LogP contribution in [0.3, 0.4) is 0 Å². The number of halogens is 1. The Hall–Kier alpha value is -1.40. The average molecular weight is 395 g/mol. The summed E-state index contributed by atoms with van der Waals surface area (Å²) < 4.78 is 1.08. The summed E-state index contributed by atoms with van der Waals surface area (Å²) in [5.41, 5.74) is 1.18. The lowest BCUT2D eigenvalue weighted by Crippen LogP contribution is -2.38. The van der Waals surface area contributed by atoms with Crippen molar-refractivity contribution < 1.29 is 0 Å². The van der Waals surface area contributed by atoms with Crippen LogP contribution in [0.15, 0.2) is 39.9 Å². The van der Waals surface area contributed by atoms with Gasteiger partial charge in [0.05, 0.1) is 11.6 Å². The maximum Gasteiger partial charge on any atom is 0.191 e. The van der Waals surface area contributed by atoms with E-state index in [0.29, 0.717) is 6.54 Å². The van der Waals surface area contributed by atoms with Crippen molar-refractivity contribution in [1.82, 2.24) is 15.6 Å². The molecule has 0 aliphatic rings. The molecule has 4 nitrogen and oxygen atoms in total. The quantitative estimate of drug-likeness (QED) is 0.554. The van der Waals surface area contributed by atoms with E-state index in [0.717, 1.165) is 36.4 Å². The number of aryl methyl sites for hydroxylation is 1. The number of hydrogen-bond donors (Lipinski definition) is 2. The largest absolute Gasteiger partial charge is 0.357 e. The molecule has 0 saturated heterocycles. The Balaban J connectivity index is 1.86. The third-order valence-electron chi connectivity index (χ3n) is 3.23. The molecule has 2 N–H and O–H groups in total. The first kappa shape index (κ1) is 17.9. The van der Waals surface area contributed by atoms with Crippen LogP contribution < -0.4 is 10.6 Å². The number of nitrogens with zero attached hydrogens (tertiary/aromatic N) is 2. The maximum absolute atomic E-state index is 4.63. The molecule has 0 bridgehead atoms. The van der Waals surface area contributed by atoms with Gasteiger partial charge in [0.15, 0.2) is 5.96 Å². The predicted octanol–water partition coefficient (Wildman–Crippen LogP) is 3.77. The first-order chi connectivity index (χ1) is 11.2. The van der Waals surface area contributed by atoms with Crippen LogP contribution in [0.1, 0.15) is 29.3 Å². The number of aromatic nitrogens is 1. The van der Waals surface area contributed by atoms with Gasteiger partial charge in [-0.05, 0) is 31.0 Å². The molecule has 1 aromatic heterocycles. The van der Waals surface area contributed by atoms with E-state index in [1.165, 1.54) is 15.4 Å². The highest BCUT2D eigenvalue weighted by molar-refractivity contribution is 9.10. The van der Waals surface area contributed by atoms with Crippen molar-refractivity contribution >= 4 is 33.2 Å². The molecule has 124 valence electrons. The Bertz CT molecular complexity index is 639. The van der Waals surface area contributed by atoms with E-state index in [1.54, 1.807) is 11.3 Å². The molecule has 1 aromatic carbocycles. The SMILES string of the molecule is CCNC(=NCc1cccc(Br)c1)NCCc1ncc(CC)s1. The van der Waals surface area contributed by atoms with Crippen LogP contribution in [0, 0.1) is 0 Å². The number of nitrogens with one attached hydrogen (secondary N) is 2. The Morgan fingerprint density at radius 2 is 2.17 bits per heavy atom. The smallest absolute Gasteiger partial charge is 0.191 e. The Kier molecular flexibility index (Phi) is 7.55. The average Bonchev–Trinajstić information content (AvgIpc) is 3.01. The molecule has 1 heterocycles. The number of aliphatic imine (C=N–C) groups is 1. The second kappa shape index (κ2) is 9.67. The van der Waals surface area contributed by atoms with Gasteiger partial charge >= 0.3 is 0 Å². The van der Waals surface area contributed by atoms with Gasteiger partial charge in [-0.3, -0.25) is 0 Å². The summed E-state index contributed by atoms with van der Waals surface area (Å²) in [6.07, 6.45) is 3.96. The van der Waals surface area contributed by atoms with Gasteiger partial charge in [-0.1, -0.05) is 35.0 Å². The highest BCUT2D eigenvalue weighted by Gasteiger charge is 2.02. The first-order valence-electron chi connectivity index (χ1n) is 7.91. The van der Waals surface area contributed by atoms with Gasteiger partial charge in [-0.25, -0.2) is 9.98 Å². The van der Waals surface area contributed by atoms with Crippen molar-refractivity contribution in [2.24, 2.45) is 4.99 Å². The van der Waals surface area contributed by atoms with Gasteiger partial charge in [-0.2, -0.15) is 0 Å². The van der Waals surface area contributed by atoms with Crippen LogP contribution in [0.5, 0.6) is 0 Å². The third-order valence-corrected chi connectivity index (χ3v) is 4.93. The molecule has 0 fully saturated rings. The minimum Gasteiger partial charge on any atom is -0.357 e. The molecule has 2 rings (SSSR count). The summed E-state index contributed by atoms with van der Waals surface area (Å²) in [5.74, 6) is 0.847. The topological polar surface area (TPSA) is 49.3 Å². The normalized spacial score (nSPS) is 11.5. The number of thiazole rings is 1. The molecule has 0 amide bonds. The molecule has 0 unspecified atom stereocenters. The van der Waals surface area contributed by atoms with Gasteiger partial charge in [0.2, 0.25) is 0 Å². The van der Waals surface area contributed by atoms with E-state index in [4.69, 9.17) is 0 Å². The van der Waals surface area contributed by atoms with Crippen LogP contribution in [0.2, 0.25) is 0 Å². The number of guanidine groups is 1. The zero-order valence-electron chi connectivity index (χ0n) is 13.6. The molecule has 0 spiro atoms. The van der Waals surface area contributed by atoms with Crippen LogP contribution in [0.4, 0.5) is 0 Å². The van der Waals surface area contributed by atoms with Gasteiger partial charge in [0.1, 0.15) is 0 Å². The highest BCUT2D eigenvalue weighted by atomic mass is 79.9. The fourth-order valence-corrected chi connectivity index (χ4v) is 3.37. The van der Waals surface area contributed by atoms with Gasteiger partial charge in [0.25, 0.3) is 0 Å². The fraction of sp³-hybridized carbons (Fsp3) is 0.412. The van der Waals surface area contributed by atoms with E-state index in [2.05, 4.69) is 62.5 Å². The number of rotatable bonds is 7. The molecule has 0 radical (unpaired) electrons. The minimum atomic E-state index is 0.659. The molecule has 0 aliphatic carbocycles. The summed E-state index contributed by atoms with van der Waals surface area (Å²) in [4.78, 5) is 10.4. The second-order valence-corrected chi connectivity index (χ2v) is 7.19. The summed E-state index contributed by atoms with van der Waals surface area (Å²) in [6, 6.07) is 8.23. The monoisotopic (exact) mass is 394 g/mol. The zero-order valence-corrected chi connectivity index (χ0v) is 16.0. The molecular weight excluding hydrogens is 372 g/mol. The van der Waals surface area contributed by atoms with Crippen molar-refractivity contribution in [1.29, 1.82) is 0 Å². The lowest BCUT2D eigenvalue weighted by molar-refractivity contribution is 0.796. The lowest BCUT2D eigenvalue weighted by Gasteiger charge is -2.10. The number of hydrogen-bond acceptors (Lipinski definition) is 3. The van der Waals surface area contributed by atoms with Crippen molar-refractivity contribution in [3.05, 3.63) is 50.4 Å². The van der Waals surface area contributed by atoms with E-state index < -0.39 is 0 Å². The molecule has 0 aliphatic heterocycles. The molecular formula is C17H23BrN4S. The van der Waals surface area contributed by atoms with Crippen LogP contribution in [-0.4, -0.2) is 24.0 Å². The Morgan fingerprint density at radius 3 is 2.87 bits per heavy atom. The highest BCUT2D eigenvalue weighted by Crippen LogP contribution is 2.13. The van der Waals surface area contributed by atoms with Crippen molar-refractivity contribution in [3.8, 4) is 0 Å². The molecule has 0 atom stereocenters.